The highest BCUT2D eigenvalue weighted by molar-refractivity contribution is 5.97. The van der Waals surface area contributed by atoms with Gasteiger partial charge in [-0.05, 0) is 23.8 Å². The third-order valence-corrected chi connectivity index (χ3v) is 2.37. The Morgan fingerprint density at radius 1 is 1.40 bits per heavy atom. The third-order valence-electron chi connectivity index (χ3n) is 2.37. The number of aliphatic hydroxyl groups excluding tert-OH is 1. The van der Waals surface area contributed by atoms with Gasteiger partial charge in [0.1, 0.15) is 18.2 Å². The number of hydrogen-bond donors (Lipinski definition) is 1. The molecule has 106 valence electrons. The van der Waals surface area contributed by atoms with E-state index >= 15 is 0 Å². The van der Waals surface area contributed by atoms with Gasteiger partial charge < -0.3 is 19.3 Å². The summed E-state index contributed by atoms with van der Waals surface area (Å²) in [4.78, 5) is 11.3. The van der Waals surface area contributed by atoms with Gasteiger partial charge in [0, 0.05) is 0 Å². The number of aliphatic hydroxyl groups is 1. The molecular weight excluding hydrogens is 262 g/mol. The van der Waals surface area contributed by atoms with Gasteiger partial charge in [0.05, 0.1) is 20.8 Å². The molecule has 0 unspecified atom stereocenters. The zero-order chi connectivity index (χ0) is 15.0. The second kappa shape index (κ2) is 7.81. The summed E-state index contributed by atoms with van der Waals surface area (Å²) in [6, 6.07) is 6.68. The molecule has 0 saturated carbocycles. The van der Waals surface area contributed by atoms with Crippen LogP contribution in [0.5, 0.6) is 11.5 Å². The second-order valence-corrected chi connectivity index (χ2v) is 3.64. The topological polar surface area (TPSA) is 88.8 Å². The fraction of sp³-hybridized carbons (Fsp3) is 0.286. The van der Waals surface area contributed by atoms with Gasteiger partial charge in [0.2, 0.25) is 0 Å². The van der Waals surface area contributed by atoms with E-state index in [0.29, 0.717) is 17.1 Å². The number of carbonyl (C=O) groups is 1. The van der Waals surface area contributed by atoms with Crippen LogP contribution in [0, 0.1) is 11.3 Å². The van der Waals surface area contributed by atoms with E-state index in [1.54, 1.807) is 24.3 Å². The number of methoxy groups -OCH3 is 2. The molecule has 0 amide bonds. The normalized spacial score (nSPS) is 10.6. The first-order chi connectivity index (χ1) is 9.65. The molecule has 0 saturated heterocycles. The number of ether oxygens (including phenoxy) is 3. The maximum absolute atomic E-state index is 11.3. The lowest BCUT2D eigenvalue weighted by atomic mass is 10.1. The molecule has 1 aromatic rings. The molecule has 20 heavy (non-hydrogen) atoms. The van der Waals surface area contributed by atoms with Crippen LogP contribution in [-0.2, 0) is 9.53 Å². The van der Waals surface area contributed by atoms with Gasteiger partial charge >= 0.3 is 5.97 Å². The largest absolute Gasteiger partial charge is 0.493 e. The molecule has 6 heteroatoms. The minimum absolute atomic E-state index is 0.105. The predicted octanol–water partition coefficient (Wildman–Crippen LogP) is 1.15. The zero-order valence-corrected chi connectivity index (χ0v) is 11.3. The van der Waals surface area contributed by atoms with E-state index in [1.165, 1.54) is 20.3 Å². The summed E-state index contributed by atoms with van der Waals surface area (Å²) < 4.78 is 14.9. The molecule has 0 fully saturated rings. The first kappa shape index (κ1) is 15.5. The molecule has 0 aliphatic carbocycles. The molecule has 1 N–H and O–H groups in total. The lowest BCUT2D eigenvalue weighted by molar-refractivity contribution is -0.135. The minimum Gasteiger partial charge on any atom is -0.493 e. The monoisotopic (exact) mass is 277 g/mol. The summed E-state index contributed by atoms with van der Waals surface area (Å²) >= 11 is 0. The summed E-state index contributed by atoms with van der Waals surface area (Å²) in [5, 5.41) is 17.6. The average Bonchev–Trinajstić information content (AvgIpc) is 2.50. The van der Waals surface area contributed by atoms with Crippen molar-refractivity contribution in [3.05, 3.63) is 29.3 Å². The molecule has 0 aromatic heterocycles. The van der Waals surface area contributed by atoms with E-state index in [4.69, 9.17) is 19.8 Å². The van der Waals surface area contributed by atoms with Crippen LogP contribution in [0.2, 0.25) is 0 Å². The number of nitrogens with zero attached hydrogens (tertiary/aromatic N) is 1. The van der Waals surface area contributed by atoms with Crippen molar-refractivity contribution in [2.75, 3.05) is 27.4 Å². The fourth-order valence-corrected chi connectivity index (χ4v) is 1.46. The van der Waals surface area contributed by atoms with E-state index in [9.17, 15) is 4.79 Å². The van der Waals surface area contributed by atoms with Crippen molar-refractivity contribution in [1.29, 1.82) is 5.26 Å². The van der Waals surface area contributed by atoms with Gasteiger partial charge in [-0.25, -0.2) is 4.79 Å². The lowest BCUT2D eigenvalue weighted by Gasteiger charge is -2.10. The van der Waals surface area contributed by atoms with Gasteiger partial charge in [-0.1, -0.05) is 6.07 Å². The van der Waals surface area contributed by atoms with Crippen molar-refractivity contribution in [1.82, 2.24) is 0 Å². The van der Waals surface area contributed by atoms with E-state index in [2.05, 4.69) is 4.74 Å². The van der Waals surface area contributed by atoms with Crippen molar-refractivity contribution in [2.45, 2.75) is 0 Å². The van der Waals surface area contributed by atoms with Crippen LogP contribution in [0.4, 0.5) is 0 Å². The first-order valence-electron chi connectivity index (χ1n) is 5.78. The summed E-state index contributed by atoms with van der Waals surface area (Å²) in [5.41, 5.74) is 0.485. The van der Waals surface area contributed by atoms with Crippen LogP contribution in [0.1, 0.15) is 5.56 Å². The Bertz CT molecular complexity index is 545. The highest BCUT2D eigenvalue weighted by Crippen LogP contribution is 2.28. The average molecular weight is 277 g/mol. The molecule has 6 nitrogen and oxygen atoms in total. The standard InChI is InChI=1S/C14H15NO5/c1-18-13-8-10(3-4-12(13)20-6-5-16)7-11(9-15)14(17)19-2/h3-4,7-8,16H,5-6H2,1-2H3/b11-7+. The van der Waals surface area contributed by atoms with Crippen LogP contribution < -0.4 is 9.47 Å². The van der Waals surface area contributed by atoms with Gasteiger partial charge in [-0.15, -0.1) is 0 Å². The van der Waals surface area contributed by atoms with E-state index in [-0.39, 0.29) is 18.8 Å². The first-order valence-corrected chi connectivity index (χ1v) is 5.78. The maximum Gasteiger partial charge on any atom is 0.348 e. The number of esters is 1. The second-order valence-electron chi connectivity index (χ2n) is 3.64. The van der Waals surface area contributed by atoms with Gasteiger partial charge in [-0.2, -0.15) is 5.26 Å². The number of nitriles is 1. The van der Waals surface area contributed by atoms with Crippen LogP contribution in [0.25, 0.3) is 6.08 Å². The smallest absolute Gasteiger partial charge is 0.348 e. The van der Waals surface area contributed by atoms with Crippen LogP contribution in [0.15, 0.2) is 23.8 Å². The molecule has 1 rings (SSSR count). The van der Waals surface area contributed by atoms with Crippen LogP contribution in [0.3, 0.4) is 0 Å². The summed E-state index contributed by atoms with van der Waals surface area (Å²) in [6.45, 7) is 0.0445. The highest BCUT2D eigenvalue weighted by atomic mass is 16.5. The Hall–Kier alpha value is -2.52. The highest BCUT2D eigenvalue weighted by Gasteiger charge is 2.10. The predicted molar refractivity (Wildman–Crippen MR) is 71.2 cm³/mol. The zero-order valence-electron chi connectivity index (χ0n) is 11.3. The van der Waals surface area contributed by atoms with Crippen LogP contribution >= 0.6 is 0 Å². The van der Waals surface area contributed by atoms with Crippen molar-refractivity contribution in [3.8, 4) is 17.6 Å². The molecule has 0 radical (unpaired) electrons. The molecule has 1 aromatic carbocycles. The Morgan fingerprint density at radius 2 is 2.15 bits per heavy atom. The van der Waals surface area contributed by atoms with Crippen molar-refractivity contribution in [2.24, 2.45) is 0 Å². The Kier molecular flexibility index (Phi) is 6.07. The number of rotatable bonds is 6. The summed E-state index contributed by atoms with van der Waals surface area (Å²) in [5.74, 6) is 0.205. The summed E-state index contributed by atoms with van der Waals surface area (Å²) in [7, 11) is 2.68. The molecule has 0 heterocycles. The van der Waals surface area contributed by atoms with E-state index in [0.717, 1.165) is 0 Å². The van der Waals surface area contributed by atoms with E-state index in [1.807, 2.05) is 0 Å². The quantitative estimate of drug-likeness (QED) is 0.476. The lowest BCUT2D eigenvalue weighted by Crippen LogP contribution is -2.04. The Labute approximate surface area is 116 Å². The van der Waals surface area contributed by atoms with Gasteiger partial charge in [0.25, 0.3) is 0 Å². The molecule has 0 aliphatic rings. The molecular formula is C14H15NO5. The third kappa shape index (κ3) is 4.00. The molecule has 0 spiro atoms. The summed E-state index contributed by atoms with van der Waals surface area (Å²) in [6.07, 6.45) is 1.39. The Balaban J connectivity index is 3.06. The van der Waals surface area contributed by atoms with Gasteiger partial charge in [-0.3, -0.25) is 0 Å². The fourth-order valence-electron chi connectivity index (χ4n) is 1.46. The molecule has 0 bridgehead atoms. The number of carbonyl (C=O) groups excluding carboxylic acids is 1. The maximum atomic E-state index is 11.3. The van der Waals surface area contributed by atoms with Crippen molar-refractivity contribution < 1.29 is 24.1 Å². The van der Waals surface area contributed by atoms with E-state index < -0.39 is 5.97 Å². The minimum atomic E-state index is -0.702. The molecule has 0 aliphatic heterocycles. The number of benzene rings is 1. The number of hydrogen-bond acceptors (Lipinski definition) is 6. The molecule has 0 atom stereocenters. The van der Waals surface area contributed by atoms with Crippen molar-refractivity contribution >= 4 is 12.0 Å². The van der Waals surface area contributed by atoms with Crippen LogP contribution in [-0.4, -0.2) is 38.5 Å². The Morgan fingerprint density at radius 3 is 2.70 bits per heavy atom. The van der Waals surface area contributed by atoms with Crippen molar-refractivity contribution in [3.63, 3.8) is 0 Å². The SMILES string of the molecule is COC(=O)/C(C#N)=C/c1ccc(OCCO)c(OC)c1. The van der Waals surface area contributed by atoms with Gasteiger partial charge in [0.15, 0.2) is 11.5 Å².